The molecule has 0 aromatic heterocycles. The monoisotopic (exact) mass is 425 g/mol. The highest BCUT2D eigenvalue weighted by atomic mass is 32.2. The van der Waals surface area contributed by atoms with Gasteiger partial charge in [0.2, 0.25) is 5.91 Å². The summed E-state index contributed by atoms with van der Waals surface area (Å²) in [5, 5.41) is 7.29. The fourth-order valence-electron chi connectivity index (χ4n) is 4.58. The van der Waals surface area contributed by atoms with Crippen molar-refractivity contribution in [2.24, 2.45) is 10.9 Å². The molecular weight excluding hydrogens is 386 g/mol. The Bertz CT molecular complexity index is 588. The van der Waals surface area contributed by atoms with Crippen LogP contribution in [-0.4, -0.2) is 89.2 Å². The number of aliphatic imine (C=N–C) groups is 1. The van der Waals surface area contributed by atoms with Gasteiger partial charge in [-0.25, -0.2) is 0 Å². The van der Waals surface area contributed by atoms with Crippen LogP contribution in [0.5, 0.6) is 0 Å². The molecule has 0 bridgehead atoms. The van der Waals surface area contributed by atoms with Gasteiger partial charge in [-0.2, -0.15) is 0 Å². The van der Waals surface area contributed by atoms with E-state index < -0.39 is 10.8 Å². The Kier molecular flexibility index (Phi) is 8.78. The first-order chi connectivity index (χ1) is 14.1. The van der Waals surface area contributed by atoms with Crippen molar-refractivity contribution in [2.45, 2.75) is 63.2 Å². The smallest absolute Gasteiger partial charge is 0.225 e. The standard InChI is InChI=1S/C21H39N5O2S/c1-3-29(28)19-9-5-8-18(16-19)24-21(22-2)23-10-11-25-12-14-26(15-13-25)20(27)17-6-4-7-17/h17-19H,3-16H2,1-2H3,(H2,22,23,24). The van der Waals surface area contributed by atoms with Crippen LogP contribution in [0.2, 0.25) is 0 Å². The second-order valence-corrected chi connectivity index (χ2v) is 10.6. The van der Waals surface area contributed by atoms with Gasteiger partial charge in [0.25, 0.3) is 0 Å². The van der Waals surface area contributed by atoms with Crippen LogP contribution in [0.3, 0.4) is 0 Å². The quantitative estimate of drug-likeness (QED) is 0.473. The molecule has 0 aromatic carbocycles. The summed E-state index contributed by atoms with van der Waals surface area (Å²) in [6, 6.07) is 0.358. The van der Waals surface area contributed by atoms with Gasteiger partial charge in [0.05, 0.1) is 0 Å². The third-order valence-electron chi connectivity index (χ3n) is 6.71. The molecule has 8 heteroatoms. The van der Waals surface area contributed by atoms with Gasteiger partial charge in [0.15, 0.2) is 5.96 Å². The number of guanidine groups is 1. The third-order valence-corrected chi connectivity index (χ3v) is 8.45. The van der Waals surface area contributed by atoms with Crippen molar-refractivity contribution in [1.29, 1.82) is 0 Å². The van der Waals surface area contributed by atoms with Crippen molar-refractivity contribution in [3.05, 3.63) is 0 Å². The minimum absolute atomic E-state index is 0.312. The zero-order valence-electron chi connectivity index (χ0n) is 18.2. The molecule has 2 aliphatic carbocycles. The summed E-state index contributed by atoms with van der Waals surface area (Å²) in [4.78, 5) is 21.2. The van der Waals surface area contributed by atoms with Crippen molar-refractivity contribution in [1.82, 2.24) is 20.4 Å². The summed E-state index contributed by atoms with van der Waals surface area (Å²) in [7, 11) is 1.11. The summed E-state index contributed by atoms with van der Waals surface area (Å²) < 4.78 is 12.1. The number of hydrogen-bond donors (Lipinski definition) is 2. The first-order valence-corrected chi connectivity index (χ1v) is 12.8. The van der Waals surface area contributed by atoms with Gasteiger partial charge in [0, 0.05) is 80.1 Å². The molecule has 0 aromatic rings. The van der Waals surface area contributed by atoms with Crippen LogP contribution in [0, 0.1) is 5.92 Å². The van der Waals surface area contributed by atoms with Crippen LogP contribution >= 0.6 is 0 Å². The number of amides is 1. The highest BCUT2D eigenvalue weighted by molar-refractivity contribution is 7.85. The Labute approximate surface area is 178 Å². The lowest BCUT2D eigenvalue weighted by Gasteiger charge is -2.38. The molecular formula is C21H39N5O2S. The van der Waals surface area contributed by atoms with Gasteiger partial charge in [0.1, 0.15) is 0 Å². The highest BCUT2D eigenvalue weighted by Crippen LogP contribution is 2.28. The number of nitrogens with one attached hydrogen (secondary N) is 2. The molecule has 1 amide bonds. The van der Waals surface area contributed by atoms with E-state index in [1.54, 1.807) is 0 Å². The fourth-order valence-corrected chi connectivity index (χ4v) is 5.92. The molecule has 166 valence electrons. The van der Waals surface area contributed by atoms with E-state index in [2.05, 4.69) is 25.4 Å². The molecule has 7 nitrogen and oxygen atoms in total. The minimum Gasteiger partial charge on any atom is -0.355 e. The first kappa shape index (κ1) is 22.5. The highest BCUT2D eigenvalue weighted by Gasteiger charge is 2.31. The van der Waals surface area contributed by atoms with E-state index in [-0.39, 0.29) is 0 Å². The van der Waals surface area contributed by atoms with E-state index in [0.29, 0.717) is 23.1 Å². The van der Waals surface area contributed by atoms with Gasteiger partial charge in [-0.1, -0.05) is 19.8 Å². The Morgan fingerprint density at radius 3 is 2.45 bits per heavy atom. The predicted octanol–water partition coefficient (Wildman–Crippen LogP) is 1.18. The summed E-state index contributed by atoms with van der Waals surface area (Å²) in [5.41, 5.74) is 0. The van der Waals surface area contributed by atoms with Crippen molar-refractivity contribution in [3.8, 4) is 0 Å². The van der Waals surface area contributed by atoms with Gasteiger partial charge in [-0.15, -0.1) is 0 Å². The van der Waals surface area contributed by atoms with Crippen LogP contribution in [0.4, 0.5) is 0 Å². The molecule has 3 fully saturated rings. The van der Waals surface area contributed by atoms with E-state index in [1.165, 1.54) is 6.42 Å². The van der Waals surface area contributed by atoms with Crippen LogP contribution in [0.15, 0.2) is 4.99 Å². The number of piperazine rings is 1. The normalized spacial score (nSPS) is 27.9. The Morgan fingerprint density at radius 2 is 1.83 bits per heavy atom. The molecule has 3 aliphatic rings. The summed E-state index contributed by atoms with van der Waals surface area (Å²) in [6.45, 7) is 7.45. The SMILES string of the molecule is CCS(=O)C1CCCC(NC(=NC)NCCN2CCN(C(=O)C3CCC3)CC2)C1. The maximum atomic E-state index is 12.4. The van der Waals surface area contributed by atoms with E-state index >= 15 is 0 Å². The first-order valence-electron chi connectivity index (χ1n) is 11.5. The number of rotatable bonds is 7. The molecule has 1 saturated heterocycles. The van der Waals surface area contributed by atoms with E-state index in [4.69, 9.17) is 0 Å². The number of carbonyl (C=O) groups is 1. The van der Waals surface area contributed by atoms with Crippen molar-refractivity contribution >= 4 is 22.7 Å². The topological polar surface area (TPSA) is 77.0 Å². The van der Waals surface area contributed by atoms with Gasteiger partial charge >= 0.3 is 0 Å². The zero-order valence-corrected chi connectivity index (χ0v) is 19.0. The molecule has 2 saturated carbocycles. The van der Waals surface area contributed by atoms with E-state index in [1.807, 2.05) is 14.0 Å². The molecule has 2 N–H and O–H groups in total. The number of nitrogens with zero attached hydrogens (tertiary/aromatic N) is 3. The molecule has 3 atom stereocenters. The van der Waals surface area contributed by atoms with Crippen molar-refractivity contribution in [2.75, 3.05) is 52.1 Å². The predicted molar refractivity (Wildman–Crippen MR) is 120 cm³/mol. The molecule has 29 heavy (non-hydrogen) atoms. The average molecular weight is 426 g/mol. The van der Waals surface area contributed by atoms with Crippen LogP contribution in [0.25, 0.3) is 0 Å². The minimum atomic E-state index is -0.701. The zero-order chi connectivity index (χ0) is 20.6. The third kappa shape index (κ3) is 6.41. The van der Waals surface area contributed by atoms with Crippen LogP contribution in [0.1, 0.15) is 51.9 Å². The Hall–Kier alpha value is -1.15. The lowest BCUT2D eigenvalue weighted by atomic mass is 9.84. The Balaban J connectivity index is 1.33. The number of carbonyl (C=O) groups excluding carboxylic acids is 1. The average Bonchev–Trinajstić information content (AvgIpc) is 2.71. The van der Waals surface area contributed by atoms with Crippen LogP contribution < -0.4 is 10.6 Å². The van der Waals surface area contributed by atoms with Gasteiger partial charge in [-0.05, 0) is 32.1 Å². The van der Waals surface area contributed by atoms with E-state index in [9.17, 15) is 9.00 Å². The molecule has 3 unspecified atom stereocenters. The summed E-state index contributed by atoms with van der Waals surface area (Å²) in [6.07, 6.45) is 7.70. The maximum absolute atomic E-state index is 12.4. The van der Waals surface area contributed by atoms with Crippen molar-refractivity contribution < 1.29 is 9.00 Å². The van der Waals surface area contributed by atoms with E-state index in [0.717, 1.165) is 89.5 Å². The summed E-state index contributed by atoms with van der Waals surface area (Å²) >= 11 is 0. The molecule has 1 heterocycles. The lowest BCUT2D eigenvalue weighted by Crippen LogP contribution is -2.53. The van der Waals surface area contributed by atoms with Gasteiger partial charge in [-0.3, -0.25) is 18.9 Å². The largest absolute Gasteiger partial charge is 0.355 e. The second-order valence-electron chi connectivity index (χ2n) is 8.59. The Morgan fingerprint density at radius 1 is 1.10 bits per heavy atom. The maximum Gasteiger partial charge on any atom is 0.225 e. The van der Waals surface area contributed by atoms with Crippen LogP contribution in [-0.2, 0) is 15.6 Å². The fraction of sp³-hybridized carbons (Fsp3) is 0.905. The lowest BCUT2D eigenvalue weighted by molar-refractivity contribution is -0.139. The molecule has 0 spiro atoms. The summed E-state index contributed by atoms with van der Waals surface area (Å²) in [5.74, 6) is 2.29. The van der Waals surface area contributed by atoms with Crippen molar-refractivity contribution in [3.63, 3.8) is 0 Å². The second kappa shape index (κ2) is 11.3. The van der Waals surface area contributed by atoms with Gasteiger partial charge < -0.3 is 15.5 Å². The molecule has 1 aliphatic heterocycles. The number of hydrogen-bond acceptors (Lipinski definition) is 4. The molecule has 0 radical (unpaired) electrons. The molecule has 3 rings (SSSR count).